The predicted octanol–water partition coefficient (Wildman–Crippen LogP) is 4.36. The molecule has 0 atom stereocenters. The van der Waals surface area contributed by atoms with Crippen LogP contribution in [0.4, 0.5) is 0 Å². The molecule has 0 aliphatic heterocycles. The maximum atomic E-state index is 11.3. The summed E-state index contributed by atoms with van der Waals surface area (Å²) < 4.78 is 10.7. The Bertz CT molecular complexity index is 564. The largest absolute Gasteiger partial charge is 0.466 e. The lowest BCUT2D eigenvalue weighted by molar-refractivity contribution is -0.143. The highest BCUT2D eigenvalue weighted by molar-refractivity contribution is 5.69. The standard InChI is InChI=1S/C18H20O3/c1-2-20-18(19)13-7-9-15-8-6-12-17(14-15)21-16-10-4-3-5-11-16/h3-6,8,10-12,14H,2,7,9,13H2,1H3. The first kappa shape index (κ1) is 15.1. The Hall–Kier alpha value is -2.29. The summed E-state index contributed by atoms with van der Waals surface area (Å²) in [5, 5.41) is 0. The summed E-state index contributed by atoms with van der Waals surface area (Å²) in [6.45, 7) is 2.27. The molecule has 0 saturated carbocycles. The number of aryl methyl sites for hydroxylation is 1. The van der Waals surface area contributed by atoms with E-state index in [-0.39, 0.29) is 5.97 Å². The van der Waals surface area contributed by atoms with Crippen LogP contribution in [0.15, 0.2) is 54.6 Å². The Labute approximate surface area is 125 Å². The van der Waals surface area contributed by atoms with Gasteiger partial charge in [-0.3, -0.25) is 4.79 Å². The fraction of sp³-hybridized carbons (Fsp3) is 0.278. The molecule has 0 saturated heterocycles. The van der Waals surface area contributed by atoms with Crippen molar-refractivity contribution >= 4 is 5.97 Å². The Kier molecular flexibility index (Phi) is 5.83. The monoisotopic (exact) mass is 284 g/mol. The first-order chi connectivity index (χ1) is 10.3. The van der Waals surface area contributed by atoms with Crippen molar-refractivity contribution in [1.82, 2.24) is 0 Å². The van der Waals surface area contributed by atoms with Crippen molar-refractivity contribution in [3.05, 3.63) is 60.2 Å². The molecule has 3 heteroatoms. The predicted molar refractivity (Wildman–Crippen MR) is 82.5 cm³/mol. The average Bonchev–Trinajstić information content (AvgIpc) is 2.49. The molecule has 110 valence electrons. The number of hydrogen-bond acceptors (Lipinski definition) is 3. The van der Waals surface area contributed by atoms with Gasteiger partial charge in [0.1, 0.15) is 11.5 Å². The van der Waals surface area contributed by atoms with Gasteiger partial charge in [-0.2, -0.15) is 0 Å². The Morgan fingerprint density at radius 1 is 1.00 bits per heavy atom. The quantitative estimate of drug-likeness (QED) is 0.708. The van der Waals surface area contributed by atoms with Gasteiger partial charge >= 0.3 is 5.97 Å². The Morgan fingerprint density at radius 3 is 2.52 bits per heavy atom. The molecule has 0 N–H and O–H groups in total. The number of esters is 1. The molecule has 0 unspecified atom stereocenters. The van der Waals surface area contributed by atoms with Gasteiger partial charge in [0.2, 0.25) is 0 Å². The first-order valence-corrected chi connectivity index (χ1v) is 7.25. The molecule has 0 heterocycles. The summed E-state index contributed by atoms with van der Waals surface area (Å²) in [6, 6.07) is 17.7. The number of ether oxygens (including phenoxy) is 2. The second-order valence-corrected chi connectivity index (χ2v) is 4.72. The Morgan fingerprint density at radius 2 is 1.76 bits per heavy atom. The maximum Gasteiger partial charge on any atom is 0.305 e. The fourth-order valence-corrected chi connectivity index (χ4v) is 2.06. The van der Waals surface area contributed by atoms with Crippen LogP contribution in [0.1, 0.15) is 25.3 Å². The van der Waals surface area contributed by atoms with Crippen LogP contribution in [0, 0.1) is 0 Å². The summed E-state index contributed by atoms with van der Waals surface area (Å²) in [7, 11) is 0. The third-order valence-electron chi connectivity index (χ3n) is 3.03. The van der Waals surface area contributed by atoms with Crippen molar-refractivity contribution in [2.45, 2.75) is 26.2 Å². The highest BCUT2D eigenvalue weighted by Crippen LogP contribution is 2.22. The highest BCUT2D eigenvalue weighted by atomic mass is 16.5. The summed E-state index contributed by atoms with van der Waals surface area (Å²) in [5.74, 6) is 1.50. The molecule has 0 aliphatic carbocycles. The molecule has 2 aromatic carbocycles. The number of carbonyl (C=O) groups excluding carboxylic acids is 1. The van der Waals surface area contributed by atoms with E-state index < -0.39 is 0 Å². The summed E-state index contributed by atoms with van der Waals surface area (Å²) >= 11 is 0. The van der Waals surface area contributed by atoms with Crippen LogP contribution < -0.4 is 4.74 Å². The topological polar surface area (TPSA) is 35.5 Å². The molecule has 3 nitrogen and oxygen atoms in total. The van der Waals surface area contributed by atoms with Crippen molar-refractivity contribution in [3.8, 4) is 11.5 Å². The summed E-state index contributed by atoms with van der Waals surface area (Å²) in [6.07, 6.45) is 2.08. The SMILES string of the molecule is CCOC(=O)CCCc1cccc(Oc2ccccc2)c1. The Balaban J connectivity index is 1.87. The normalized spacial score (nSPS) is 10.1. The van der Waals surface area contributed by atoms with Gasteiger partial charge in [-0.1, -0.05) is 30.3 Å². The van der Waals surface area contributed by atoms with Crippen LogP contribution >= 0.6 is 0 Å². The van der Waals surface area contributed by atoms with Crippen LogP contribution in [0.2, 0.25) is 0 Å². The van der Waals surface area contributed by atoms with E-state index in [0.29, 0.717) is 13.0 Å². The van der Waals surface area contributed by atoms with Gasteiger partial charge < -0.3 is 9.47 Å². The number of para-hydroxylation sites is 1. The van der Waals surface area contributed by atoms with Gasteiger partial charge in [0.15, 0.2) is 0 Å². The van der Waals surface area contributed by atoms with Crippen LogP contribution in [-0.4, -0.2) is 12.6 Å². The van der Waals surface area contributed by atoms with Gasteiger partial charge in [-0.25, -0.2) is 0 Å². The van der Waals surface area contributed by atoms with E-state index in [0.717, 1.165) is 29.9 Å². The van der Waals surface area contributed by atoms with Crippen molar-refractivity contribution < 1.29 is 14.3 Å². The first-order valence-electron chi connectivity index (χ1n) is 7.25. The molecule has 2 aromatic rings. The zero-order valence-electron chi connectivity index (χ0n) is 12.2. The van der Waals surface area contributed by atoms with Gasteiger partial charge in [0.05, 0.1) is 6.61 Å². The van der Waals surface area contributed by atoms with Crippen LogP contribution in [-0.2, 0) is 16.0 Å². The minimum atomic E-state index is -0.130. The summed E-state index contributed by atoms with van der Waals surface area (Å²) in [5.41, 5.74) is 1.16. The van der Waals surface area contributed by atoms with E-state index in [1.165, 1.54) is 0 Å². The van der Waals surface area contributed by atoms with Crippen molar-refractivity contribution in [2.75, 3.05) is 6.61 Å². The molecule has 21 heavy (non-hydrogen) atoms. The lowest BCUT2D eigenvalue weighted by Gasteiger charge is -2.07. The van der Waals surface area contributed by atoms with E-state index in [2.05, 4.69) is 0 Å². The number of rotatable bonds is 7. The van der Waals surface area contributed by atoms with Gasteiger partial charge in [0.25, 0.3) is 0 Å². The van der Waals surface area contributed by atoms with Gasteiger partial charge in [0, 0.05) is 6.42 Å². The molecule has 0 radical (unpaired) electrons. The lowest BCUT2D eigenvalue weighted by Crippen LogP contribution is -2.04. The smallest absolute Gasteiger partial charge is 0.305 e. The molecule has 0 amide bonds. The highest BCUT2D eigenvalue weighted by Gasteiger charge is 2.03. The zero-order chi connectivity index (χ0) is 14.9. The molecule has 2 rings (SSSR count). The van der Waals surface area contributed by atoms with E-state index in [1.807, 2.05) is 61.5 Å². The second kappa shape index (κ2) is 8.10. The minimum absolute atomic E-state index is 0.130. The average molecular weight is 284 g/mol. The van der Waals surface area contributed by atoms with Gasteiger partial charge in [-0.15, -0.1) is 0 Å². The third kappa shape index (κ3) is 5.30. The van der Waals surface area contributed by atoms with Crippen molar-refractivity contribution in [1.29, 1.82) is 0 Å². The number of carbonyl (C=O) groups is 1. The minimum Gasteiger partial charge on any atom is -0.466 e. The molecular weight excluding hydrogens is 264 g/mol. The van der Waals surface area contributed by atoms with Crippen LogP contribution in [0.25, 0.3) is 0 Å². The molecule has 0 spiro atoms. The number of benzene rings is 2. The van der Waals surface area contributed by atoms with Gasteiger partial charge in [-0.05, 0) is 49.6 Å². The van der Waals surface area contributed by atoms with E-state index in [9.17, 15) is 4.79 Å². The molecule has 0 bridgehead atoms. The fourth-order valence-electron chi connectivity index (χ4n) is 2.06. The third-order valence-corrected chi connectivity index (χ3v) is 3.03. The molecule has 0 fully saturated rings. The van der Waals surface area contributed by atoms with Crippen LogP contribution in [0.3, 0.4) is 0 Å². The zero-order valence-corrected chi connectivity index (χ0v) is 12.2. The maximum absolute atomic E-state index is 11.3. The lowest BCUT2D eigenvalue weighted by atomic mass is 10.1. The van der Waals surface area contributed by atoms with Crippen molar-refractivity contribution in [3.63, 3.8) is 0 Å². The van der Waals surface area contributed by atoms with E-state index in [1.54, 1.807) is 0 Å². The molecular formula is C18H20O3. The molecule has 0 aromatic heterocycles. The van der Waals surface area contributed by atoms with Crippen LogP contribution in [0.5, 0.6) is 11.5 Å². The molecule has 0 aliphatic rings. The number of hydrogen-bond donors (Lipinski definition) is 0. The summed E-state index contributed by atoms with van der Waals surface area (Å²) in [4.78, 5) is 11.3. The van der Waals surface area contributed by atoms with E-state index >= 15 is 0 Å². The van der Waals surface area contributed by atoms with E-state index in [4.69, 9.17) is 9.47 Å². The second-order valence-electron chi connectivity index (χ2n) is 4.72. The van der Waals surface area contributed by atoms with Crippen molar-refractivity contribution in [2.24, 2.45) is 0 Å².